The number of hydrogen-bond donors (Lipinski definition) is 1. The third kappa shape index (κ3) is 4.82. The molecule has 3 heteroatoms. The first-order chi connectivity index (χ1) is 9.33. The molecule has 0 aromatic heterocycles. The highest BCUT2D eigenvalue weighted by atomic mass is 16.2. The summed E-state index contributed by atoms with van der Waals surface area (Å²) in [6.45, 7) is 16.1. The molecule has 0 saturated heterocycles. The van der Waals surface area contributed by atoms with Crippen LogP contribution in [0, 0.1) is 20.8 Å². The lowest BCUT2D eigenvalue weighted by Crippen LogP contribution is -2.34. The molecule has 0 spiro atoms. The van der Waals surface area contributed by atoms with Crippen LogP contribution in [0.4, 0.5) is 5.69 Å². The maximum atomic E-state index is 12.2. The highest BCUT2D eigenvalue weighted by Crippen LogP contribution is 2.21. The second-order valence-corrected chi connectivity index (χ2v) is 5.58. The van der Waals surface area contributed by atoms with E-state index in [2.05, 4.69) is 42.8 Å². The quantitative estimate of drug-likeness (QED) is 0.806. The summed E-state index contributed by atoms with van der Waals surface area (Å²) in [5.74, 6) is 0.0307. The molecule has 0 saturated carbocycles. The van der Waals surface area contributed by atoms with Crippen molar-refractivity contribution in [3.05, 3.63) is 41.0 Å². The maximum Gasteiger partial charge on any atom is 0.238 e. The van der Waals surface area contributed by atoms with Crippen LogP contribution in [-0.2, 0) is 4.79 Å². The van der Waals surface area contributed by atoms with Gasteiger partial charge in [-0.3, -0.25) is 9.69 Å². The predicted molar refractivity (Wildman–Crippen MR) is 86.2 cm³/mol. The fourth-order valence-electron chi connectivity index (χ4n) is 2.42. The standard InChI is InChI=1S/C17H26N2O/c1-7-19(10-12(2)3)11-16(20)18-17-14(5)8-13(4)9-15(17)6/h8-9H,2,7,10-11H2,1,3-6H3,(H,18,20). The Labute approximate surface area is 122 Å². The average Bonchev–Trinajstić information content (AvgIpc) is 2.32. The largest absolute Gasteiger partial charge is 0.324 e. The summed E-state index contributed by atoms with van der Waals surface area (Å²) in [6.07, 6.45) is 0. The predicted octanol–water partition coefficient (Wildman–Crippen LogP) is 3.45. The molecule has 0 fully saturated rings. The summed E-state index contributed by atoms with van der Waals surface area (Å²) in [5, 5.41) is 3.03. The number of amides is 1. The summed E-state index contributed by atoms with van der Waals surface area (Å²) in [6, 6.07) is 4.18. The summed E-state index contributed by atoms with van der Waals surface area (Å²) >= 11 is 0. The number of aryl methyl sites for hydroxylation is 3. The lowest BCUT2D eigenvalue weighted by molar-refractivity contribution is -0.117. The summed E-state index contributed by atoms with van der Waals surface area (Å²) in [4.78, 5) is 14.3. The van der Waals surface area contributed by atoms with Gasteiger partial charge in [0.05, 0.1) is 6.54 Å². The third-order valence-electron chi connectivity index (χ3n) is 3.25. The zero-order valence-electron chi connectivity index (χ0n) is 13.3. The van der Waals surface area contributed by atoms with Gasteiger partial charge < -0.3 is 5.32 Å². The van der Waals surface area contributed by atoms with E-state index in [1.54, 1.807) is 0 Å². The molecule has 1 aromatic rings. The van der Waals surface area contributed by atoms with Crippen LogP contribution in [0.15, 0.2) is 24.3 Å². The summed E-state index contributed by atoms with van der Waals surface area (Å²) in [7, 11) is 0. The molecule has 20 heavy (non-hydrogen) atoms. The number of benzene rings is 1. The van der Waals surface area contributed by atoms with Crippen molar-refractivity contribution in [2.24, 2.45) is 0 Å². The van der Waals surface area contributed by atoms with E-state index >= 15 is 0 Å². The SMILES string of the molecule is C=C(C)CN(CC)CC(=O)Nc1c(C)cc(C)cc1C. The number of likely N-dealkylation sites (N-methyl/N-ethyl adjacent to an activating group) is 1. The number of carbonyl (C=O) groups is 1. The van der Waals surface area contributed by atoms with Gasteiger partial charge in [0.15, 0.2) is 0 Å². The Bertz CT molecular complexity index is 483. The van der Waals surface area contributed by atoms with Crippen LogP contribution in [0.2, 0.25) is 0 Å². The van der Waals surface area contributed by atoms with Crippen LogP contribution in [0.3, 0.4) is 0 Å². The highest BCUT2D eigenvalue weighted by molar-refractivity contribution is 5.93. The van der Waals surface area contributed by atoms with Gasteiger partial charge in [0, 0.05) is 12.2 Å². The van der Waals surface area contributed by atoms with Gasteiger partial charge in [-0.1, -0.05) is 36.8 Å². The van der Waals surface area contributed by atoms with E-state index in [1.165, 1.54) is 5.56 Å². The van der Waals surface area contributed by atoms with Gasteiger partial charge in [-0.25, -0.2) is 0 Å². The van der Waals surface area contributed by atoms with Gasteiger partial charge in [0.2, 0.25) is 5.91 Å². The lowest BCUT2D eigenvalue weighted by atomic mass is 10.1. The molecule has 1 rings (SSSR count). The van der Waals surface area contributed by atoms with Crippen LogP contribution in [0.1, 0.15) is 30.5 Å². The number of hydrogen-bond acceptors (Lipinski definition) is 2. The molecule has 0 aliphatic rings. The van der Waals surface area contributed by atoms with Gasteiger partial charge in [0.1, 0.15) is 0 Å². The van der Waals surface area contributed by atoms with Gasteiger partial charge in [-0.05, 0) is 45.4 Å². The molecular weight excluding hydrogens is 248 g/mol. The number of nitrogens with one attached hydrogen (secondary N) is 1. The molecule has 1 aromatic carbocycles. The molecule has 0 bridgehead atoms. The Hall–Kier alpha value is -1.61. The molecular formula is C17H26N2O. The van der Waals surface area contributed by atoms with Crippen molar-refractivity contribution in [1.29, 1.82) is 0 Å². The Balaban J connectivity index is 2.73. The van der Waals surface area contributed by atoms with Crippen molar-refractivity contribution in [1.82, 2.24) is 4.90 Å². The average molecular weight is 274 g/mol. The molecule has 0 unspecified atom stereocenters. The van der Waals surface area contributed by atoms with Gasteiger partial charge >= 0.3 is 0 Å². The first-order valence-corrected chi connectivity index (χ1v) is 7.08. The van der Waals surface area contributed by atoms with Crippen LogP contribution < -0.4 is 5.32 Å². The smallest absolute Gasteiger partial charge is 0.238 e. The van der Waals surface area contributed by atoms with E-state index < -0.39 is 0 Å². The lowest BCUT2D eigenvalue weighted by Gasteiger charge is -2.20. The van der Waals surface area contributed by atoms with Gasteiger partial charge in [-0.2, -0.15) is 0 Å². The third-order valence-corrected chi connectivity index (χ3v) is 3.25. The Kier molecular flexibility index (Phi) is 5.96. The Morgan fingerprint density at radius 3 is 2.20 bits per heavy atom. The molecule has 0 atom stereocenters. The molecule has 110 valence electrons. The zero-order chi connectivity index (χ0) is 15.3. The Morgan fingerprint density at radius 2 is 1.75 bits per heavy atom. The van der Waals surface area contributed by atoms with E-state index in [4.69, 9.17) is 0 Å². The maximum absolute atomic E-state index is 12.2. The minimum Gasteiger partial charge on any atom is -0.324 e. The second-order valence-electron chi connectivity index (χ2n) is 5.58. The van der Waals surface area contributed by atoms with Crippen molar-refractivity contribution in [3.63, 3.8) is 0 Å². The number of nitrogens with zero attached hydrogens (tertiary/aromatic N) is 1. The first-order valence-electron chi connectivity index (χ1n) is 7.08. The van der Waals surface area contributed by atoms with Crippen LogP contribution in [-0.4, -0.2) is 30.4 Å². The molecule has 1 N–H and O–H groups in total. The van der Waals surface area contributed by atoms with Crippen molar-refractivity contribution >= 4 is 11.6 Å². The van der Waals surface area contributed by atoms with E-state index in [0.29, 0.717) is 6.54 Å². The normalized spacial score (nSPS) is 10.7. The summed E-state index contributed by atoms with van der Waals surface area (Å²) in [5.41, 5.74) is 5.45. The van der Waals surface area contributed by atoms with Crippen molar-refractivity contribution < 1.29 is 4.79 Å². The second kappa shape index (κ2) is 7.25. The fourth-order valence-corrected chi connectivity index (χ4v) is 2.42. The van der Waals surface area contributed by atoms with Crippen molar-refractivity contribution in [2.45, 2.75) is 34.6 Å². The van der Waals surface area contributed by atoms with E-state index in [0.717, 1.165) is 35.5 Å². The fraction of sp³-hybridized carbons (Fsp3) is 0.471. The Morgan fingerprint density at radius 1 is 1.20 bits per heavy atom. The van der Waals surface area contributed by atoms with Crippen molar-refractivity contribution in [2.75, 3.05) is 25.0 Å². The number of carbonyl (C=O) groups excluding carboxylic acids is 1. The van der Waals surface area contributed by atoms with Gasteiger partial charge in [0.25, 0.3) is 0 Å². The molecule has 1 amide bonds. The van der Waals surface area contributed by atoms with Crippen LogP contribution >= 0.6 is 0 Å². The van der Waals surface area contributed by atoms with E-state index in [1.807, 2.05) is 20.8 Å². The monoisotopic (exact) mass is 274 g/mol. The van der Waals surface area contributed by atoms with Gasteiger partial charge in [-0.15, -0.1) is 0 Å². The molecule has 0 heterocycles. The van der Waals surface area contributed by atoms with Crippen molar-refractivity contribution in [3.8, 4) is 0 Å². The topological polar surface area (TPSA) is 32.3 Å². The minimum absolute atomic E-state index is 0.0307. The van der Waals surface area contributed by atoms with Crippen LogP contribution in [0.25, 0.3) is 0 Å². The molecule has 0 radical (unpaired) electrons. The highest BCUT2D eigenvalue weighted by Gasteiger charge is 2.12. The van der Waals surface area contributed by atoms with E-state index in [9.17, 15) is 4.79 Å². The van der Waals surface area contributed by atoms with Crippen LogP contribution in [0.5, 0.6) is 0 Å². The van der Waals surface area contributed by atoms with E-state index in [-0.39, 0.29) is 5.91 Å². The number of rotatable bonds is 6. The molecule has 0 aliphatic heterocycles. The minimum atomic E-state index is 0.0307. The number of anilines is 1. The zero-order valence-corrected chi connectivity index (χ0v) is 13.3. The molecule has 3 nitrogen and oxygen atoms in total. The first kappa shape index (κ1) is 16.4. The summed E-state index contributed by atoms with van der Waals surface area (Å²) < 4.78 is 0. The molecule has 0 aliphatic carbocycles.